The second-order valence-corrected chi connectivity index (χ2v) is 17.6. The zero-order chi connectivity index (χ0) is 37.4. The van der Waals surface area contributed by atoms with E-state index in [1.165, 1.54) is 81.8 Å². The van der Waals surface area contributed by atoms with Gasteiger partial charge < -0.3 is 0 Å². The van der Waals surface area contributed by atoms with Crippen molar-refractivity contribution in [3.05, 3.63) is 96.6 Å². The fraction of sp³-hybridized carbons (Fsp3) is 0.619. The van der Waals surface area contributed by atoms with E-state index < -0.39 is 19.7 Å². The molecule has 8 heteroatoms. The molecule has 0 aromatic heterocycles. The van der Waals surface area contributed by atoms with Crippen LogP contribution >= 0.6 is 0 Å². The molecule has 0 atom stereocenters. The summed E-state index contributed by atoms with van der Waals surface area (Å²) in [5, 5.41) is 0. The summed E-state index contributed by atoms with van der Waals surface area (Å²) in [6, 6.07) is 20.3. The molecular weight excluding hydrogens is 661 g/mol. The maximum absolute atomic E-state index is 11.2. The minimum Gasteiger partial charge on any atom is -0.297 e. The van der Waals surface area contributed by atoms with E-state index in [-0.39, 0.29) is 0 Å². The van der Waals surface area contributed by atoms with E-state index >= 15 is 0 Å². The molecule has 0 N–H and O–H groups in total. The number of hydrogen-bond acceptors (Lipinski definition) is 6. The summed E-state index contributed by atoms with van der Waals surface area (Å²) in [4.78, 5) is 4.38. The van der Waals surface area contributed by atoms with Crippen LogP contribution in [0.1, 0.15) is 116 Å². The van der Waals surface area contributed by atoms with E-state index in [2.05, 4.69) is 87.4 Å². The molecule has 0 aliphatic carbocycles. The third-order valence-electron chi connectivity index (χ3n) is 8.30. The Hall–Kier alpha value is -2.26. The summed E-state index contributed by atoms with van der Waals surface area (Å²) < 4.78 is 44.9. The number of hydrogen-bond donors (Lipinski definition) is 0. The van der Waals surface area contributed by atoms with Crippen LogP contribution < -0.4 is 0 Å². The van der Waals surface area contributed by atoms with Gasteiger partial charge >= 0.3 is 0 Å². The zero-order valence-corrected chi connectivity index (χ0v) is 34.0. The molecule has 2 fully saturated rings. The molecule has 2 saturated heterocycles. The molecule has 0 radical (unpaired) electrons. The van der Waals surface area contributed by atoms with Gasteiger partial charge in [-0.2, -0.15) is 0 Å². The first-order valence-electron chi connectivity index (χ1n) is 19.2. The normalized spacial score (nSPS) is 16.6. The Balaban J connectivity index is 0.000000640. The van der Waals surface area contributed by atoms with Crippen molar-refractivity contribution in [2.75, 3.05) is 49.2 Å². The molecule has 0 unspecified atom stereocenters. The Kier molecular flexibility index (Phi) is 30.1. The van der Waals surface area contributed by atoms with Crippen molar-refractivity contribution in [2.24, 2.45) is 0 Å². The molecule has 2 heterocycles. The Labute approximate surface area is 309 Å². The maximum Gasteiger partial charge on any atom is 0.152 e. The Morgan fingerprint density at radius 3 is 1.22 bits per heavy atom. The van der Waals surface area contributed by atoms with Crippen LogP contribution in [0, 0.1) is 0 Å². The lowest BCUT2D eigenvalue weighted by Gasteiger charge is -2.26. The number of allylic oxidation sites excluding steroid dienone is 3. The van der Waals surface area contributed by atoms with Gasteiger partial charge in [0.2, 0.25) is 0 Å². The summed E-state index contributed by atoms with van der Waals surface area (Å²) >= 11 is 0. The molecule has 50 heavy (non-hydrogen) atoms. The van der Waals surface area contributed by atoms with E-state index in [1.807, 2.05) is 42.5 Å². The van der Waals surface area contributed by atoms with Gasteiger partial charge in [-0.05, 0) is 30.9 Å². The largest absolute Gasteiger partial charge is 0.297 e. The molecule has 0 spiro atoms. The highest BCUT2D eigenvalue weighted by Crippen LogP contribution is 2.10. The van der Waals surface area contributed by atoms with Gasteiger partial charge in [-0.15, -0.1) is 6.58 Å². The van der Waals surface area contributed by atoms with Gasteiger partial charge in [0.05, 0.1) is 23.0 Å². The molecule has 2 aromatic carbocycles. The summed E-state index contributed by atoms with van der Waals surface area (Å²) in [6.45, 7) is 18.9. The summed E-state index contributed by atoms with van der Waals surface area (Å²) in [6.07, 6.45) is 20.9. The molecule has 286 valence electrons. The smallest absolute Gasteiger partial charge is 0.152 e. The van der Waals surface area contributed by atoms with E-state index in [1.54, 1.807) is 0 Å². The average Bonchev–Trinajstić information content (AvgIpc) is 3.12. The van der Waals surface area contributed by atoms with Crippen molar-refractivity contribution < 1.29 is 16.8 Å². The molecule has 0 bridgehead atoms. The molecular formula is C42H72N2O4S2. The lowest BCUT2D eigenvalue weighted by molar-refractivity contribution is 0.287. The van der Waals surface area contributed by atoms with Crippen molar-refractivity contribution in [3.8, 4) is 0 Å². The topological polar surface area (TPSA) is 74.8 Å². The lowest BCUT2D eigenvalue weighted by atomic mass is 10.2. The SMILES string of the molecule is C/C=C/CCCC.C=CCCCC.CCCCCCC.O=S1(=O)CCN(Cc2ccccc2)CC1.O=S1(=O)CCN(Cc2ccccc2)CC1. The standard InChI is InChI=1S/2C11H15NO2S.C7H16.C7H14.C6H12/c2*13-15(14)8-6-12(7-9-15)10-11-4-2-1-3-5-11;2*1-3-5-7-6-4-2;1-3-5-6-4-2/h2*1-5H,6-10H2;3-7H2,1-2H3;3,5H,4,6-7H2,1-2H3;3H,1,4-6H2,2H3/b;;;5-3+;. The van der Waals surface area contributed by atoms with E-state index in [0.717, 1.165) is 13.1 Å². The monoisotopic (exact) mass is 732 g/mol. The number of sulfone groups is 2. The van der Waals surface area contributed by atoms with Gasteiger partial charge in [-0.1, -0.05) is 164 Å². The number of unbranched alkanes of at least 4 members (excludes halogenated alkanes) is 8. The van der Waals surface area contributed by atoms with Crippen LogP contribution in [0.15, 0.2) is 85.5 Å². The zero-order valence-electron chi connectivity index (χ0n) is 32.4. The fourth-order valence-electron chi connectivity index (χ4n) is 5.01. The Morgan fingerprint density at radius 2 is 0.920 bits per heavy atom. The van der Waals surface area contributed by atoms with Crippen LogP contribution in [-0.4, -0.2) is 75.8 Å². The van der Waals surface area contributed by atoms with Crippen LogP contribution in [0.25, 0.3) is 0 Å². The van der Waals surface area contributed by atoms with Crippen molar-refractivity contribution in [2.45, 2.75) is 118 Å². The fourth-order valence-corrected chi connectivity index (χ4v) is 7.57. The third kappa shape index (κ3) is 28.4. The quantitative estimate of drug-likeness (QED) is 0.142. The van der Waals surface area contributed by atoms with E-state index in [4.69, 9.17) is 0 Å². The van der Waals surface area contributed by atoms with Gasteiger partial charge in [-0.3, -0.25) is 9.80 Å². The van der Waals surface area contributed by atoms with Crippen LogP contribution in [0.2, 0.25) is 0 Å². The van der Waals surface area contributed by atoms with Crippen LogP contribution in [0.5, 0.6) is 0 Å². The predicted molar refractivity (Wildman–Crippen MR) is 219 cm³/mol. The van der Waals surface area contributed by atoms with Crippen molar-refractivity contribution in [3.63, 3.8) is 0 Å². The van der Waals surface area contributed by atoms with Gasteiger partial charge in [0.1, 0.15) is 0 Å². The number of benzene rings is 2. The minimum atomic E-state index is -2.75. The highest BCUT2D eigenvalue weighted by Gasteiger charge is 2.22. The van der Waals surface area contributed by atoms with Crippen molar-refractivity contribution >= 4 is 19.7 Å². The Bertz CT molecular complexity index is 1180. The van der Waals surface area contributed by atoms with E-state index in [9.17, 15) is 16.8 Å². The Morgan fingerprint density at radius 1 is 0.560 bits per heavy atom. The second-order valence-electron chi connectivity index (χ2n) is 13.0. The maximum atomic E-state index is 11.2. The summed E-state index contributed by atoms with van der Waals surface area (Å²) in [5.74, 6) is 1.22. The molecule has 2 aliphatic heterocycles. The summed E-state index contributed by atoms with van der Waals surface area (Å²) in [7, 11) is -5.50. The molecule has 6 nitrogen and oxygen atoms in total. The minimum absolute atomic E-state index is 0.305. The number of rotatable bonds is 14. The molecule has 4 rings (SSSR count). The lowest BCUT2D eigenvalue weighted by Crippen LogP contribution is -2.39. The highest BCUT2D eigenvalue weighted by molar-refractivity contribution is 7.91. The first-order valence-corrected chi connectivity index (χ1v) is 22.9. The second kappa shape index (κ2) is 31.5. The number of nitrogens with zero attached hydrogens (tertiary/aromatic N) is 2. The first-order chi connectivity index (χ1) is 24.1. The first kappa shape index (κ1) is 47.7. The van der Waals surface area contributed by atoms with Crippen molar-refractivity contribution in [1.82, 2.24) is 9.80 Å². The van der Waals surface area contributed by atoms with Gasteiger partial charge in [0.15, 0.2) is 19.7 Å². The summed E-state index contributed by atoms with van der Waals surface area (Å²) in [5.41, 5.74) is 2.49. The van der Waals surface area contributed by atoms with Crippen molar-refractivity contribution in [1.29, 1.82) is 0 Å². The molecule has 2 aliphatic rings. The van der Waals surface area contributed by atoms with Crippen LogP contribution in [-0.2, 0) is 32.8 Å². The van der Waals surface area contributed by atoms with E-state index in [0.29, 0.717) is 49.2 Å². The molecule has 2 aromatic rings. The average molecular weight is 733 g/mol. The van der Waals surface area contributed by atoms with Crippen LogP contribution in [0.4, 0.5) is 0 Å². The molecule has 0 saturated carbocycles. The highest BCUT2D eigenvalue weighted by atomic mass is 32.2. The van der Waals surface area contributed by atoms with Gasteiger partial charge in [-0.25, -0.2) is 16.8 Å². The molecule has 0 amide bonds. The van der Waals surface area contributed by atoms with Gasteiger partial charge in [0.25, 0.3) is 0 Å². The van der Waals surface area contributed by atoms with Gasteiger partial charge in [0, 0.05) is 39.3 Å². The van der Waals surface area contributed by atoms with Crippen LogP contribution in [0.3, 0.4) is 0 Å². The third-order valence-corrected chi connectivity index (χ3v) is 11.5. The predicted octanol–water partition coefficient (Wildman–Crippen LogP) is 9.93.